The van der Waals surface area contributed by atoms with E-state index in [2.05, 4.69) is 43.4 Å². The van der Waals surface area contributed by atoms with Crippen molar-refractivity contribution in [2.45, 2.75) is 57.6 Å². The zero-order valence-electron chi connectivity index (χ0n) is 19.1. The monoisotopic (exact) mass is 453 g/mol. The molecule has 0 amide bonds. The van der Waals surface area contributed by atoms with Crippen LogP contribution in [0.1, 0.15) is 48.9 Å². The van der Waals surface area contributed by atoms with Gasteiger partial charge in [-0.25, -0.2) is 4.39 Å². The number of aliphatic carboxylic acids is 1. The molecule has 0 fully saturated rings. The molecule has 7 heteroatoms. The molecule has 0 unspecified atom stereocenters. The molecule has 3 rings (SSSR count). The maximum Gasteiger partial charge on any atom is 0.303 e. The third kappa shape index (κ3) is 7.01. The molecule has 0 aliphatic heterocycles. The van der Waals surface area contributed by atoms with Gasteiger partial charge < -0.3 is 20.3 Å². The number of rotatable bonds is 11. The predicted molar refractivity (Wildman–Crippen MR) is 123 cm³/mol. The number of hydrogen-bond donors (Lipinski definition) is 3. The van der Waals surface area contributed by atoms with Gasteiger partial charge in [-0.15, -0.1) is 0 Å². The predicted octanol–water partition coefficient (Wildman–Crippen LogP) is 3.63. The van der Waals surface area contributed by atoms with Crippen molar-refractivity contribution in [2.75, 3.05) is 13.2 Å². The minimum Gasteiger partial charge on any atom is -0.489 e. The van der Waals surface area contributed by atoms with Crippen LogP contribution in [0.4, 0.5) is 4.39 Å². The van der Waals surface area contributed by atoms with Crippen LogP contribution in [0.15, 0.2) is 36.4 Å². The summed E-state index contributed by atoms with van der Waals surface area (Å²) in [5, 5.41) is 31.9. The van der Waals surface area contributed by atoms with Gasteiger partial charge in [0.2, 0.25) is 0 Å². The highest BCUT2D eigenvalue weighted by Crippen LogP contribution is 2.32. The summed E-state index contributed by atoms with van der Waals surface area (Å²) in [4.78, 5) is 10.8. The number of nitrogens with zero attached hydrogens (tertiary/aromatic N) is 1. The van der Waals surface area contributed by atoms with Crippen LogP contribution in [0.2, 0.25) is 0 Å². The van der Waals surface area contributed by atoms with Crippen LogP contribution in [0, 0.1) is 23.1 Å². The Balaban J connectivity index is 1.50. The van der Waals surface area contributed by atoms with E-state index in [1.165, 1.54) is 17.2 Å². The largest absolute Gasteiger partial charge is 0.489 e. The molecule has 0 heterocycles. The quantitative estimate of drug-likeness (QED) is 0.480. The number of nitriles is 1. The highest BCUT2D eigenvalue weighted by molar-refractivity contribution is 5.67. The first-order chi connectivity index (χ1) is 15.7. The fraction of sp³-hybridized carbons (Fsp3) is 0.462. The van der Waals surface area contributed by atoms with Crippen molar-refractivity contribution in [1.82, 2.24) is 5.32 Å². The molecule has 1 aliphatic carbocycles. The van der Waals surface area contributed by atoms with Gasteiger partial charge in [-0.05, 0) is 74.3 Å². The molecule has 0 saturated carbocycles. The number of aliphatic hydroxyl groups is 1. The molecule has 176 valence electrons. The lowest BCUT2D eigenvalue weighted by Crippen LogP contribution is -2.46. The van der Waals surface area contributed by atoms with Gasteiger partial charge in [-0.1, -0.05) is 24.3 Å². The van der Waals surface area contributed by atoms with Gasteiger partial charge in [0.15, 0.2) is 0 Å². The van der Waals surface area contributed by atoms with Crippen molar-refractivity contribution < 1.29 is 24.1 Å². The number of halogens is 1. The molecule has 1 atom stereocenters. The van der Waals surface area contributed by atoms with E-state index in [1.807, 2.05) is 6.07 Å². The minimum absolute atomic E-state index is 0.00728. The Morgan fingerprint density at radius 1 is 1.30 bits per heavy atom. The molecule has 1 aliphatic rings. The number of carbonyl (C=O) groups is 1. The number of benzene rings is 2. The first-order valence-electron chi connectivity index (χ1n) is 11.2. The number of carboxylic acid groups (broad SMARTS) is 1. The van der Waals surface area contributed by atoms with Crippen LogP contribution < -0.4 is 10.1 Å². The molecular formula is C26H31FN2O4. The van der Waals surface area contributed by atoms with Crippen LogP contribution in [0.3, 0.4) is 0 Å². The lowest BCUT2D eigenvalue weighted by molar-refractivity contribution is -0.136. The Morgan fingerprint density at radius 3 is 2.58 bits per heavy atom. The van der Waals surface area contributed by atoms with E-state index in [-0.39, 0.29) is 41.9 Å². The van der Waals surface area contributed by atoms with Crippen molar-refractivity contribution in [3.05, 3.63) is 64.5 Å². The maximum absolute atomic E-state index is 14.1. The molecule has 33 heavy (non-hydrogen) atoms. The highest BCUT2D eigenvalue weighted by atomic mass is 18.2. The van der Waals surface area contributed by atoms with Gasteiger partial charge in [-0.3, -0.25) is 4.79 Å². The van der Waals surface area contributed by atoms with Gasteiger partial charge in [0, 0.05) is 18.5 Å². The minimum atomic E-state index is -1.04. The fourth-order valence-corrected chi connectivity index (χ4v) is 4.46. The SMILES string of the molecule is CC(C)(CC1Cc2ccccc2C1)NC[C@H](O)COc1cc(CCC(=O)O)c([18F])cc1C#N. The van der Waals surface area contributed by atoms with E-state index < -0.39 is 17.9 Å². The first kappa shape index (κ1) is 24.7. The summed E-state index contributed by atoms with van der Waals surface area (Å²) in [5.41, 5.74) is 2.83. The molecule has 6 nitrogen and oxygen atoms in total. The summed E-state index contributed by atoms with van der Waals surface area (Å²) in [5.74, 6) is -0.980. The molecule has 2 aromatic rings. The van der Waals surface area contributed by atoms with Crippen LogP contribution in [0.25, 0.3) is 0 Å². The highest BCUT2D eigenvalue weighted by Gasteiger charge is 2.28. The standard InChI is InChI=1S/C26H31FN2O4/c1-26(2,13-17-9-18-5-3-4-6-19(18)10-17)29-15-22(30)16-33-24-12-20(7-8-25(31)32)23(27)11-21(24)14-28/h3-6,11-12,17,22,29-30H,7-10,13,15-16H2,1-2H3,(H,31,32)/t22-/m0/s1/i27-1. The Kier molecular flexibility index (Phi) is 8.06. The van der Waals surface area contributed by atoms with Crippen LogP contribution >= 0.6 is 0 Å². The van der Waals surface area contributed by atoms with E-state index in [4.69, 9.17) is 9.84 Å². The van der Waals surface area contributed by atoms with Crippen LogP contribution in [-0.2, 0) is 24.1 Å². The Labute approximate surface area is 194 Å². The van der Waals surface area contributed by atoms with Crippen molar-refractivity contribution >= 4 is 5.97 Å². The molecule has 3 N–H and O–H groups in total. The van der Waals surface area contributed by atoms with Crippen molar-refractivity contribution in [3.8, 4) is 11.8 Å². The number of fused-ring (bicyclic) bond motifs is 1. The molecular weight excluding hydrogens is 422 g/mol. The van der Waals surface area contributed by atoms with Crippen LogP contribution in [0.5, 0.6) is 5.75 Å². The summed E-state index contributed by atoms with van der Waals surface area (Å²) in [6.07, 6.45) is 2.04. The molecule has 2 aromatic carbocycles. The summed E-state index contributed by atoms with van der Waals surface area (Å²) in [6.45, 7) is 4.47. The van der Waals surface area contributed by atoms with Gasteiger partial charge in [0.05, 0.1) is 5.56 Å². The number of nitrogens with one attached hydrogen (secondary N) is 1. The average Bonchev–Trinajstić information content (AvgIpc) is 3.17. The number of aliphatic hydroxyl groups excluding tert-OH is 1. The normalized spacial score (nSPS) is 14.5. The van der Waals surface area contributed by atoms with E-state index >= 15 is 0 Å². The number of hydrogen-bond acceptors (Lipinski definition) is 5. The number of ether oxygens (including phenoxy) is 1. The van der Waals surface area contributed by atoms with Crippen molar-refractivity contribution in [3.63, 3.8) is 0 Å². The molecule has 0 spiro atoms. The van der Waals surface area contributed by atoms with Gasteiger partial charge in [-0.2, -0.15) is 5.26 Å². The van der Waals surface area contributed by atoms with Gasteiger partial charge in [0.1, 0.15) is 30.3 Å². The van der Waals surface area contributed by atoms with Crippen molar-refractivity contribution in [2.24, 2.45) is 5.92 Å². The van der Waals surface area contributed by atoms with E-state index in [0.717, 1.165) is 25.3 Å². The topological polar surface area (TPSA) is 103 Å². The second-order valence-electron chi connectivity index (χ2n) is 9.42. The summed E-state index contributed by atoms with van der Waals surface area (Å²) < 4.78 is 19.7. The lowest BCUT2D eigenvalue weighted by atomic mass is 9.88. The van der Waals surface area contributed by atoms with E-state index in [0.29, 0.717) is 12.5 Å². The lowest BCUT2D eigenvalue weighted by Gasteiger charge is -2.30. The average molecular weight is 454 g/mol. The zero-order valence-corrected chi connectivity index (χ0v) is 19.1. The van der Waals surface area contributed by atoms with Gasteiger partial charge in [0.25, 0.3) is 0 Å². The van der Waals surface area contributed by atoms with E-state index in [1.54, 1.807) is 0 Å². The molecule has 0 bridgehead atoms. The maximum atomic E-state index is 14.1. The third-order valence-electron chi connectivity index (χ3n) is 6.06. The fourth-order valence-electron chi connectivity index (χ4n) is 4.46. The number of aryl methyl sites for hydroxylation is 1. The Morgan fingerprint density at radius 2 is 1.97 bits per heavy atom. The summed E-state index contributed by atoms with van der Waals surface area (Å²) >= 11 is 0. The number of carboxylic acids is 1. The number of β-amino-alcohol motifs (C(OH)–C–C–N with tert-alkyl or cyclic N) is 1. The second-order valence-corrected chi connectivity index (χ2v) is 9.42. The Hall–Kier alpha value is -2.95. The molecule has 0 saturated heterocycles. The third-order valence-corrected chi connectivity index (χ3v) is 6.06. The van der Waals surface area contributed by atoms with Crippen molar-refractivity contribution in [1.29, 1.82) is 5.26 Å². The first-order valence-corrected chi connectivity index (χ1v) is 11.2. The summed E-state index contributed by atoms with van der Waals surface area (Å²) in [6, 6.07) is 12.8. The smallest absolute Gasteiger partial charge is 0.303 e. The molecule has 0 aromatic heterocycles. The molecule has 0 radical (unpaired) electrons. The van der Waals surface area contributed by atoms with E-state index in [9.17, 15) is 19.6 Å². The summed E-state index contributed by atoms with van der Waals surface area (Å²) in [7, 11) is 0. The zero-order chi connectivity index (χ0) is 24.0. The second kappa shape index (κ2) is 10.8. The Bertz CT molecular complexity index is 1010. The van der Waals surface area contributed by atoms with Gasteiger partial charge >= 0.3 is 5.97 Å². The van der Waals surface area contributed by atoms with Crippen LogP contribution in [-0.4, -0.2) is 41.0 Å².